The molecule has 0 unspecified atom stereocenters. The zero-order valence-corrected chi connectivity index (χ0v) is 18.3. The van der Waals surface area contributed by atoms with Crippen molar-refractivity contribution in [1.82, 2.24) is 0 Å². The van der Waals surface area contributed by atoms with E-state index in [9.17, 15) is 4.79 Å². The topological polar surface area (TPSA) is 101 Å². The molecule has 0 spiro atoms. The summed E-state index contributed by atoms with van der Waals surface area (Å²) in [5, 5.41) is 0. The van der Waals surface area contributed by atoms with E-state index in [0.717, 1.165) is 12.5 Å². The molecule has 0 atom stereocenters. The molecule has 0 bridgehead atoms. The Labute approximate surface area is 170 Å². The van der Waals surface area contributed by atoms with Crippen LogP contribution in [0, 0.1) is 6.92 Å². The van der Waals surface area contributed by atoms with Gasteiger partial charge in [-0.3, -0.25) is 9.11 Å². The van der Waals surface area contributed by atoms with Crippen molar-refractivity contribution in [3.8, 4) is 0 Å². The predicted molar refractivity (Wildman–Crippen MR) is 93.6 cm³/mol. The van der Waals surface area contributed by atoms with Crippen LogP contribution in [0.15, 0.2) is 12.7 Å². The smallest absolute Gasteiger partial charge is 0.466 e. The zero-order valence-electron chi connectivity index (χ0n) is 15.5. The molecule has 0 aromatic heterocycles. The van der Waals surface area contributed by atoms with Crippen molar-refractivity contribution >= 4 is 16.4 Å². The second-order valence-corrected chi connectivity index (χ2v) is 5.75. The number of hydrogen-bond donors (Lipinski definition) is 2. The summed E-state index contributed by atoms with van der Waals surface area (Å²) in [5.41, 5.74) is 0. The van der Waals surface area contributed by atoms with Crippen molar-refractivity contribution < 1.29 is 56.6 Å². The molecule has 0 fully saturated rings. The Morgan fingerprint density at radius 2 is 1.38 bits per heavy atom. The third-order valence-electron chi connectivity index (χ3n) is 2.72. The molecule has 0 aliphatic carbocycles. The maximum Gasteiger partial charge on any atom is 1.00 e. The summed E-state index contributed by atoms with van der Waals surface area (Å²) in [5.74, 6) is -0.394. The van der Waals surface area contributed by atoms with E-state index in [1.54, 1.807) is 0 Å². The van der Waals surface area contributed by atoms with E-state index >= 15 is 0 Å². The van der Waals surface area contributed by atoms with E-state index in [4.69, 9.17) is 17.5 Å². The summed E-state index contributed by atoms with van der Waals surface area (Å²) in [6.07, 6.45) is 15.0. The van der Waals surface area contributed by atoms with Crippen molar-refractivity contribution in [3.63, 3.8) is 0 Å². The van der Waals surface area contributed by atoms with Crippen molar-refractivity contribution in [2.45, 2.75) is 71.1 Å². The predicted octanol–water partition coefficient (Wildman–Crippen LogP) is 1.44. The molecule has 140 valence electrons. The van der Waals surface area contributed by atoms with Gasteiger partial charge in [-0.1, -0.05) is 71.3 Å². The minimum Gasteiger partial charge on any atom is -0.466 e. The largest absolute Gasteiger partial charge is 1.00 e. The van der Waals surface area contributed by atoms with Gasteiger partial charge in [0.25, 0.3) is 0 Å². The van der Waals surface area contributed by atoms with E-state index < -0.39 is 16.4 Å². The first kappa shape index (κ1) is 31.8. The molecule has 0 aliphatic rings. The van der Waals surface area contributed by atoms with E-state index in [-0.39, 0.29) is 29.6 Å². The van der Waals surface area contributed by atoms with Crippen LogP contribution in [0.25, 0.3) is 0 Å². The molecule has 0 saturated carbocycles. The number of methoxy groups -OCH3 is 1. The minimum atomic E-state index is -4.67. The molecule has 0 aromatic rings. The Bertz CT molecular complexity index is 340. The van der Waals surface area contributed by atoms with Gasteiger partial charge >= 0.3 is 45.9 Å². The Kier molecular flexibility index (Phi) is 33.6. The van der Waals surface area contributed by atoms with Gasteiger partial charge in [-0.25, -0.2) is 4.79 Å². The molecule has 0 heterocycles. The van der Waals surface area contributed by atoms with Crippen LogP contribution in [0.3, 0.4) is 0 Å². The van der Waals surface area contributed by atoms with Gasteiger partial charge in [-0.2, -0.15) is 14.8 Å². The number of unbranched alkanes of at least 4 members (excludes halogenated alkanes) is 9. The van der Waals surface area contributed by atoms with Crippen molar-refractivity contribution in [3.05, 3.63) is 19.6 Å². The summed E-state index contributed by atoms with van der Waals surface area (Å²) in [7, 11) is -3.36. The fourth-order valence-corrected chi connectivity index (χ4v) is 1.57. The van der Waals surface area contributed by atoms with Crippen LogP contribution in [0.4, 0.5) is 0 Å². The fourth-order valence-electron chi connectivity index (χ4n) is 1.57. The van der Waals surface area contributed by atoms with E-state index in [2.05, 4.69) is 25.2 Å². The van der Waals surface area contributed by atoms with Gasteiger partial charge in [0.1, 0.15) is 0 Å². The van der Waals surface area contributed by atoms with Crippen LogP contribution in [-0.2, 0) is 19.9 Å². The zero-order chi connectivity index (χ0) is 18.6. The van der Waals surface area contributed by atoms with Gasteiger partial charge < -0.3 is 11.7 Å². The second-order valence-electron chi connectivity index (χ2n) is 4.86. The maximum atomic E-state index is 9.84. The molecule has 8 heteroatoms. The number of carbonyl (C=O) groups is 1. The van der Waals surface area contributed by atoms with Crippen LogP contribution < -0.4 is 29.6 Å². The Hall–Kier alpha value is 0.0800. The molecule has 0 radical (unpaired) electrons. The molecule has 2 N–H and O–H groups in total. The van der Waals surface area contributed by atoms with E-state index in [0.29, 0.717) is 0 Å². The minimum absolute atomic E-state index is 0. The van der Waals surface area contributed by atoms with Crippen LogP contribution in [0.2, 0.25) is 0 Å². The third-order valence-corrected chi connectivity index (χ3v) is 2.72. The summed E-state index contributed by atoms with van der Waals surface area (Å²) in [6.45, 7) is 9.27. The van der Waals surface area contributed by atoms with Crippen molar-refractivity contribution in [2.75, 3.05) is 7.11 Å². The molecule has 24 heavy (non-hydrogen) atoms. The molecule has 0 saturated heterocycles. The Morgan fingerprint density at radius 3 is 1.58 bits per heavy atom. The number of hydrogen-bond acceptors (Lipinski definition) is 4. The van der Waals surface area contributed by atoms with Gasteiger partial charge in [0.05, 0.1) is 7.11 Å². The number of carbonyl (C=O) groups excluding carboxylic acids is 1. The SMILES string of the molecule is C=CC(=O)OC.O=S(=O)(O)O.[CH2-]CCCCCCCCCCC.[Na+]. The van der Waals surface area contributed by atoms with Crippen LogP contribution in [0.5, 0.6) is 0 Å². The average Bonchev–Trinajstić information content (AvgIpc) is 2.48. The average molecular weight is 376 g/mol. The quantitative estimate of drug-likeness (QED) is 0.149. The van der Waals surface area contributed by atoms with Gasteiger partial charge in [0, 0.05) is 6.08 Å². The van der Waals surface area contributed by atoms with Crippen molar-refractivity contribution in [1.29, 1.82) is 0 Å². The Morgan fingerprint density at radius 1 is 1.04 bits per heavy atom. The molecular weight excluding hydrogens is 343 g/mol. The van der Waals surface area contributed by atoms with Crippen molar-refractivity contribution in [2.24, 2.45) is 0 Å². The monoisotopic (exact) mass is 376 g/mol. The second kappa shape index (κ2) is 25.3. The van der Waals surface area contributed by atoms with Gasteiger partial charge in [0.15, 0.2) is 0 Å². The summed E-state index contributed by atoms with van der Waals surface area (Å²) < 4.78 is 35.7. The summed E-state index contributed by atoms with van der Waals surface area (Å²) in [4.78, 5) is 9.84. The normalized spacial score (nSPS) is 9.38. The molecule has 0 aromatic carbocycles. The summed E-state index contributed by atoms with van der Waals surface area (Å²) >= 11 is 0. The molecule has 0 aliphatic heterocycles. The maximum absolute atomic E-state index is 9.84. The van der Waals surface area contributed by atoms with Gasteiger partial charge in [0.2, 0.25) is 0 Å². The molecule has 0 amide bonds. The van der Waals surface area contributed by atoms with E-state index in [1.165, 1.54) is 64.9 Å². The standard InChI is InChI=1S/C12H25.C4H6O2.Na.H2O4S/c1-3-5-7-9-11-12-10-8-6-4-2;1-3-4(5)6-2;;1-5(2,3)4/h1,3-12H2,2H3;3H,1H2,2H3;;(H2,1,2,3,4)/q-1;;+1;. The molecule has 0 rings (SSSR count). The first-order valence-corrected chi connectivity index (χ1v) is 9.32. The number of rotatable bonds is 10. The Balaban J connectivity index is -0.000000140. The number of ether oxygens (including phenoxy) is 1. The third kappa shape index (κ3) is 57.3. The first-order valence-electron chi connectivity index (χ1n) is 7.92. The van der Waals surface area contributed by atoms with Gasteiger partial charge in [-0.15, -0.1) is 0 Å². The van der Waals surface area contributed by atoms with Crippen LogP contribution >= 0.6 is 0 Å². The molecule has 6 nitrogen and oxygen atoms in total. The fraction of sp³-hybridized carbons (Fsp3) is 0.750. The van der Waals surface area contributed by atoms with Crippen LogP contribution in [-0.4, -0.2) is 30.6 Å². The van der Waals surface area contributed by atoms with Gasteiger partial charge in [-0.05, 0) is 0 Å². The molecular formula is C16H33NaO6S. The van der Waals surface area contributed by atoms with E-state index in [1.807, 2.05) is 0 Å². The number of esters is 1. The van der Waals surface area contributed by atoms with Crippen LogP contribution in [0.1, 0.15) is 71.1 Å². The summed E-state index contributed by atoms with van der Waals surface area (Å²) in [6, 6.07) is 0. The first-order chi connectivity index (χ1) is 10.7.